The summed E-state index contributed by atoms with van der Waals surface area (Å²) in [7, 11) is 0. The number of anilines is 1. The van der Waals surface area contributed by atoms with Crippen LogP contribution in [-0.2, 0) is 4.79 Å². The van der Waals surface area contributed by atoms with Crippen molar-refractivity contribution >= 4 is 11.7 Å². The van der Waals surface area contributed by atoms with Crippen molar-refractivity contribution in [1.29, 1.82) is 0 Å². The Morgan fingerprint density at radius 2 is 1.77 bits per heavy atom. The first kappa shape index (κ1) is 17.5. The first-order valence-electron chi connectivity index (χ1n) is 8.35. The van der Waals surface area contributed by atoms with E-state index in [-0.39, 0.29) is 11.5 Å². The molecule has 26 heavy (non-hydrogen) atoms. The van der Waals surface area contributed by atoms with E-state index in [9.17, 15) is 9.59 Å². The highest BCUT2D eigenvalue weighted by Gasteiger charge is 2.18. The van der Waals surface area contributed by atoms with Crippen LogP contribution in [0.15, 0.2) is 59.4 Å². The lowest BCUT2D eigenvalue weighted by molar-refractivity contribution is -0.119. The minimum Gasteiger partial charge on any atom is -0.309 e. The lowest BCUT2D eigenvalue weighted by Gasteiger charge is -2.15. The van der Waals surface area contributed by atoms with Crippen LogP contribution in [-0.4, -0.2) is 20.7 Å². The van der Waals surface area contributed by atoms with Gasteiger partial charge >= 0.3 is 0 Å². The molecule has 1 atom stereocenters. The number of carbonyl (C=O) groups is 1. The van der Waals surface area contributed by atoms with Gasteiger partial charge < -0.3 is 5.32 Å². The van der Waals surface area contributed by atoms with E-state index in [4.69, 9.17) is 0 Å². The largest absolute Gasteiger partial charge is 0.309 e. The Labute approximate surface area is 151 Å². The van der Waals surface area contributed by atoms with Crippen LogP contribution in [0, 0.1) is 13.8 Å². The molecule has 1 aromatic carbocycles. The number of aromatic nitrogens is 3. The molecule has 6 heteroatoms. The predicted molar refractivity (Wildman–Crippen MR) is 101 cm³/mol. The number of carbonyl (C=O) groups excluding carboxylic acids is 1. The summed E-state index contributed by atoms with van der Waals surface area (Å²) in [6.45, 7) is 5.48. The summed E-state index contributed by atoms with van der Waals surface area (Å²) in [6, 6.07) is 15.5. The summed E-state index contributed by atoms with van der Waals surface area (Å²) in [5.74, 6) is 0.100. The van der Waals surface area contributed by atoms with E-state index in [1.54, 1.807) is 19.1 Å². The molecule has 0 radical (unpaired) electrons. The first-order valence-corrected chi connectivity index (χ1v) is 8.35. The molecule has 0 aliphatic carbocycles. The van der Waals surface area contributed by atoms with Gasteiger partial charge in [0, 0.05) is 17.3 Å². The van der Waals surface area contributed by atoms with Gasteiger partial charge in [-0.2, -0.15) is 5.10 Å². The number of benzene rings is 1. The summed E-state index contributed by atoms with van der Waals surface area (Å²) in [5, 5.41) is 7.10. The molecule has 0 bridgehead atoms. The second kappa shape index (κ2) is 7.31. The second-order valence-corrected chi connectivity index (χ2v) is 6.20. The zero-order valence-corrected chi connectivity index (χ0v) is 14.9. The molecule has 1 unspecified atom stereocenters. The lowest BCUT2D eigenvalue weighted by atomic mass is 10.1. The minimum atomic E-state index is -0.768. The van der Waals surface area contributed by atoms with Crippen molar-refractivity contribution < 1.29 is 4.79 Å². The van der Waals surface area contributed by atoms with Gasteiger partial charge in [-0.1, -0.05) is 35.9 Å². The number of hydrogen-bond donors (Lipinski definition) is 1. The highest BCUT2D eigenvalue weighted by molar-refractivity contribution is 5.92. The molecule has 0 saturated carbocycles. The average molecular weight is 348 g/mol. The average Bonchev–Trinajstić information content (AvgIpc) is 2.62. The van der Waals surface area contributed by atoms with Crippen LogP contribution in [0.4, 0.5) is 5.82 Å². The number of amides is 1. The summed E-state index contributed by atoms with van der Waals surface area (Å²) in [4.78, 5) is 29.0. The standard InChI is InChI=1S/C20H20N4O2/c1-13-7-9-16(10-8-13)17-11-12-19(25)24(23-17)15(3)20(26)22-18-6-4-5-14(2)21-18/h4-12,15H,1-3H3,(H,21,22,26). The number of nitrogens with one attached hydrogen (secondary N) is 1. The van der Waals surface area contributed by atoms with E-state index in [1.165, 1.54) is 10.7 Å². The van der Waals surface area contributed by atoms with Crippen molar-refractivity contribution in [3.05, 3.63) is 76.2 Å². The molecule has 0 spiro atoms. The van der Waals surface area contributed by atoms with E-state index >= 15 is 0 Å². The van der Waals surface area contributed by atoms with E-state index in [0.29, 0.717) is 11.5 Å². The second-order valence-electron chi connectivity index (χ2n) is 6.20. The van der Waals surface area contributed by atoms with Crippen LogP contribution < -0.4 is 10.9 Å². The fourth-order valence-electron chi connectivity index (χ4n) is 2.54. The summed E-state index contributed by atoms with van der Waals surface area (Å²) < 4.78 is 1.19. The van der Waals surface area contributed by atoms with Crippen molar-refractivity contribution in [3.8, 4) is 11.3 Å². The smallest absolute Gasteiger partial charge is 0.267 e. The highest BCUT2D eigenvalue weighted by atomic mass is 16.2. The number of hydrogen-bond acceptors (Lipinski definition) is 4. The molecule has 3 rings (SSSR count). The van der Waals surface area contributed by atoms with Crippen molar-refractivity contribution in [1.82, 2.24) is 14.8 Å². The SMILES string of the molecule is Cc1ccc(-c2ccc(=O)n(C(C)C(=O)Nc3cccc(C)n3)n2)cc1. The van der Waals surface area contributed by atoms with Crippen LogP contribution >= 0.6 is 0 Å². The van der Waals surface area contributed by atoms with Crippen molar-refractivity contribution in [3.63, 3.8) is 0 Å². The summed E-state index contributed by atoms with van der Waals surface area (Å²) in [5.41, 5.74) is 3.13. The highest BCUT2D eigenvalue weighted by Crippen LogP contribution is 2.17. The van der Waals surface area contributed by atoms with Gasteiger partial charge in [0.2, 0.25) is 5.91 Å². The normalized spacial score (nSPS) is 11.8. The molecule has 2 aromatic heterocycles. The maximum absolute atomic E-state index is 12.5. The zero-order chi connectivity index (χ0) is 18.7. The molecular weight excluding hydrogens is 328 g/mol. The van der Waals surface area contributed by atoms with E-state index in [0.717, 1.165) is 16.8 Å². The molecule has 0 fully saturated rings. The zero-order valence-electron chi connectivity index (χ0n) is 14.9. The molecule has 0 aliphatic heterocycles. The van der Waals surface area contributed by atoms with Crippen molar-refractivity contribution in [2.45, 2.75) is 26.8 Å². The van der Waals surface area contributed by atoms with Gasteiger partial charge in [0.05, 0.1) is 5.69 Å². The molecule has 6 nitrogen and oxygen atoms in total. The third kappa shape index (κ3) is 3.85. The lowest BCUT2D eigenvalue weighted by Crippen LogP contribution is -2.33. The molecule has 132 valence electrons. The maximum atomic E-state index is 12.5. The molecule has 1 amide bonds. The van der Waals surface area contributed by atoms with Gasteiger partial charge in [-0.3, -0.25) is 9.59 Å². The fraction of sp³-hybridized carbons (Fsp3) is 0.200. The van der Waals surface area contributed by atoms with Crippen molar-refractivity contribution in [2.75, 3.05) is 5.32 Å². The molecular formula is C20H20N4O2. The topological polar surface area (TPSA) is 76.9 Å². The van der Waals surface area contributed by atoms with Crippen LogP contribution in [0.3, 0.4) is 0 Å². The van der Waals surface area contributed by atoms with Crippen LogP contribution in [0.5, 0.6) is 0 Å². The molecule has 0 aliphatic rings. The Morgan fingerprint density at radius 1 is 1.04 bits per heavy atom. The van der Waals surface area contributed by atoms with Gasteiger partial charge in [0.15, 0.2) is 0 Å². The molecule has 0 saturated heterocycles. The Hall–Kier alpha value is -3.28. The number of rotatable bonds is 4. The number of pyridine rings is 1. The Kier molecular flexibility index (Phi) is 4.93. The van der Waals surface area contributed by atoms with Crippen LogP contribution in [0.25, 0.3) is 11.3 Å². The third-order valence-corrected chi connectivity index (χ3v) is 4.06. The quantitative estimate of drug-likeness (QED) is 0.786. The Morgan fingerprint density at radius 3 is 2.46 bits per heavy atom. The van der Waals surface area contributed by atoms with Gasteiger partial charge in [-0.25, -0.2) is 9.67 Å². The fourth-order valence-corrected chi connectivity index (χ4v) is 2.54. The Bertz CT molecular complexity index is 993. The molecule has 2 heterocycles. The Balaban J connectivity index is 1.87. The molecule has 3 aromatic rings. The number of nitrogens with zero attached hydrogens (tertiary/aromatic N) is 3. The summed E-state index contributed by atoms with van der Waals surface area (Å²) >= 11 is 0. The monoisotopic (exact) mass is 348 g/mol. The predicted octanol–water partition coefficient (Wildman–Crippen LogP) is 3.12. The van der Waals surface area contributed by atoms with E-state index < -0.39 is 6.04 Å². The minimum absolute atomic E-state index is 0.333. The van der Waals surface area contributed by atoms with Gasteiger partial charge in [0.25, 0.3) is 5.56 Å². The van der Waals surface area contributed by atoms with Gasteiger partial charge in [-0.15, -0.1) is 0 Å². The maximum Gasteiger partial charge on any atom is 0.267 e. The van der Waals surface area contributed by atoms with Crippen LogP contribution in [0.2, 0.25) is 0 Å². The molecule has 1 N–H and O–H groups in total. The van der Waals surface area contributed by atoms with Crippen molar-refractivity contribution in [2.24, 2.45) is 0 Å². The van der Waals surface area contributed by atoms with Gasteiger partial charge in [0.1, 0.15) is 11.9 Å². The van der Waals surface area contributed by atoms with Gasteiger partial charge in [-0.05, 0) is 39.0 Å². The van der Waals surface area contributed by atoms with E-state index in [2.05, 4.69) is 15.4 Å². The van der Waals surface area contributed by atoms with E-state index in [1.807, 2.05) is 50.2 Å². The first-order chi connectivity index (χ1) is 12.4. The van der Waals surface area contributed by atoms with Crippen LogP contribution in [0.1, 0.15) is 24.2 Å². The number of aryl methyl sites for hydroxylation is 2. The third-order valence-electron chi connectivity index (χ3n) is 4.06. The summed E-state index contributed by atoms with van der Waals surface area (Å²) in [6.07, 6.45) is 0.